The first-order chi connectivity index (χ1) is 11.2. The second-order valence-electron chi connectivity index (χ2n) is 6.85. The lowest BCUT2D eigenvalue weighted by atomic mass is 9.95. The third-order valence-corrected chi connectivity index (χ3v) is 5.27. The molecule has 1 saturated heterocycles. The predicted octanol–water partition coefficient (Wildman–Crippen LogP) is 1.81. The lowest BCUT2D eigenvalue weighted by molar-refractivity contribution is 0.0921. The van der Waals surface area contributed by atoms with Gasteiger partial charge < -0.3 is 15.0 Å². The Hall–Kier alpha value is -1.56. The van der Waals surface area contributed by atoms with Crippen LogP contribution in [0.4, 0.5) is 0 Å². The molecule has 128 valence electrons. The zero-order valence-electron chi connectivity index (χ0n) is 14.3. The zero-order chi connectivity index (χ0) is 16.2. The number of hydrogen-bond donors (Lipinski definition) is 1. The van der Waals surface area contributed by atoms with Crippen molar-refractivity contribution in [1.82, 2.24) is 20.0 Å². The first-order valence-corrected chi connectivity index (χ1v) is 8.77. The van der Waals surface area contributed by atoms with Gasteiger partial charge in [0.05, 0.1) is 7.11 Å². The molecule has 1 amide bonds. The number of aromatic nitrogens is 2. The summed E-state index contributed by atoms with van der Waals surface area (Å²) in [5.41, 5.74) is 0.512. The van der Waals surface area contributed by atoms with Crippen molar-refractivity contribution in [3.8, 4) is 5.88 Å². The average molecular weight is 320 g/mol. The predicted molar refractivity (Wildman–Crippen MR) is 88.6 cm³/mol. The summed E-state index contributed by atoms with van der Waals surface area (Å²) in [6.45, 7) is 3.11. The van der Waals surface area contributed by atoms with Crippen molar-refractivity contribution in [3.05, 3.63) is 11.8 Å². The highest BCUT2D eigenvalue weighted by molar-refractivity contribution is 5.96. The summed E-state index contributed by atoms with van der Waals surface area (Å²) >= 11 is 0. The van der Waals surface area contributed by atoms with E-state index in [2.05, 4.69) is 15.3 Å². The van der Waals surface area contributed by atoms with Crippen LogP contribution < -0.4 is 10.1 Å². The summed E-state index contributed by atoms with van der Waals surface area (Å²) in [5.74, 6) is 0.883. The molecular formula is C17H28N4O2. The first-order valence-electron chi connectivity index (χ1n) is 8.77. The smallest absolute Gasteiger partial charge is 0.258 e. The van der Waals surface area contributed by atoms with E-state index in [1.807, 2.05) is 0 Å². The number of aryl methyl sites for hydroxylation is 1. The van der Waals surface area contributed by atoms with E-state index < -0.39 is 0 Å². The van der Waals surface area contributed by atoms with Gasteiger partial charge in [-0.05, 0) is 44.7 Å². The highest BCUT2D eigenvalue weighted by atomic mass is 16.5. The zero-order valence-corrected chi connectivity index (χ0v) is 14.3. The largest absolute Gasteiger partial charge is 0.479 e. The molecule has 0 spiro atoms. The highest BCUT2D eigenvalue weighted by Gasteiger charge is 2.27. The Balaban J connectivity index is 1.45. The Labute approximate surface area is 138 Å². The van der Waals surface area contributed by atoms with Gasteiger partial charge in [-0.2, -0.15) is 0 Å². The van der Waals surface area contributed by atoms with E-state index in [1.165, 1.54) is 58.7 Å². The van der Waals surface area contributed by atoms with Crippen LogP contribution in [-0.2, 0) is 7.05 Å². The number of hydrogen-bond acceptors (Lipinski definition) is 4. The molecule has 2 fully saturated rings. The van der Waals surface area contributed by atoms with Crippen molar-refractivity contribution in [2.75, 3.05) is 26.7 Å². The summed E-state index contributed by atoms with van der Waals surface area (Å²) in [7, 11) is 3.33. The number of ether oxygens (including phenoxy) is 1. The molecule has 0 unspecified atom stereocenters. The van der Waals surface area contributed by atoms with Gasteiger partial charge in [0.15, 0.2) is 0 Å². The molecule has 0 aromatic carbocycles. The van der Waals surface area contributed by atoms with Crippen molar-refractivity contribution in [2.45, 2.75) is 44.6 Å². The monoisotopic (exact) mass is 320 g/mol. The Morgan fingerprint density at radius 1 is 1.30 bits per heavy atom. The first kappa shape index (κ1) is 16.3. The minimum atomic E-state index is -0.0897. The topological polar surface area (TPSA) is 59.4 Å². The van der Waals surface area contributed by atoms with Crippen LogP contribution in [0.5, 0.6) is 5.88 Å². The molecule has 6 nitrogen and oxygen atoms in total. The lowest BCUT2D eigenvalue weighted by Crippen LogP contribution is -2.42. The van der Waals surface area contributed by atoms with Gasteiger partial charge in [0.2, 0.25) is 5.88 Å². The van der Waals surface area contributed by atoms with Gasteiger partial charge in [0.1, 0.15) is 5.56 Å². The van der Waals surface area contributed by atoms with Crippen LogP contribution in [0.2, 0.25) is 0 Å². The van der Waals surface area contributed by atoms with Crippen molar-refractivity contribution in [3.63, 3.8) is 0 Å². The summed E-state index contributed by atoms with van der Waals surface area (Å²) in [5, 5.41) is 7.18. The molecule has 1 saturated carbocycles. The van der Waals surface area contributed by atoms with E-state index in [9.17, 15) is 4.79 Å². The molecule has 1 aliphatic heterocycles. The Kier molecular flexibility index (Phi) is 5.20. The van der Waals surface area contributed by atoms with Gasteiger partial charge in [-0.25, -0.2) is 0 Å². The van der Waals surface area contributed by atoms with Gasteiger partial charge in [-0.15, -0.1) is 5.10 Å². The van der Waals surface area contributed by atoms with Gasteiger partial charge in [-0.1, -0.05) is 12.8 Å². The molecule has 1 N–H and O–H groups in total. The molecule has 3 rings (SSSR count). The van der Waals surface area contributed by atoms with Crippen molar-refractivity contribution in [2.24, 2.45) is 13.0 Å². The molecule has 0 bridgehead atoms. The van der Waals surface area contributed by atoms with Crippen LogP contribution in [0, 0.1) is 5.92 Å². The molecule has 0 radical (unpaired) electrons. The summed E-state index contributed by atoms with van der Waals surface area (Å²) < 4.78 is 6.76. The fraction of sp³-hybridized carbons (Fsp3) is 0.765. The molecule has 2 heterocycles. The molecule has 6 heteroatoms. The van der Waals surface area contributed by atoms with Crippen molar-refractivity contribution >= 4 is 5.91 Å². The number of nitrogens with one attached hydrogen (secondary N) is 1. The van der Waals surface area contributed by atoms with Crippen molar-refractivity contribution < 1.29 is 9.53 Å². The van der Waals surface area contributed by atoms with E-state index in [0.29, 0.717) is 17.4 Å². The number of piperidine rings is 1. The second-order valence-corrected chi connectivity index (χ2v) is 6.85. The molecule has 1 aliphatic carbocycles. The average Bonchev–Trinajstić information content (AvgIpc) is 3.22. The summed E-state index contributed by atoms with van der Waals surface area (Å²) in [6.07, 6.45) is 9.62. The molecule has 0 atom stereocenters. The van der Waals surface area contributed by atoms with Crippen LogP contribution >= 0.6 is 0 Å². The Morgan fingerprint density at radius 2 is 2.00 bits per heavy atom. The maximum absolute atomic E-state index is 12.3. The van der Waals surface area contributed by atoms with Gasteiger partial charge >= 0.3 is 0 Å². The molecule has 2 aliphatic rings. The van der Waals surface area contributed by atoms with Crippen LogP contribution in [0.3, 0.4) is 0 Å². The van der Waals surface area contributed by atoms with Gasteiger partial charge in [0, 0.05) is 25.8 Å². The number of carbonyl (C=O) groups excluding carboxylic acids is 1. The molecule has 23 heavy (non-hydrogen) atoms. The quantitative estimate of drug-likeness (QED) is 0.899. The van der Waals surface area contributed by atoms with E-state index >= 15 is 0 Å². The van der Waals surface area contributed by atoms with Gasteiger partial charge in [0.25, 0.3) is 5.91 Å². The lowest BCUT2D eigenvalue weighted by Gasteiger charge is -2.36. The molecule has 1 aromatic heterocycles. The fourth-order valence-corrected chi connectivity index (χ4v) is 3.90. The van der Waals surface area contributed by atoms with E-state index in [0.717, 1.165) is 12.6 Å². The molecule has 1 aromatic rings. The van der Waals surface area contributed by atoms with Gasteiger partial charge in [-0.3, -0.25) is 9.48 Å². The Morgan fingerprint density at radius 3 is 2.65 bits per heavy atom. The minimum Gasteiger partial charge on any atom is -0.479 e. The number of carbonyl (C=O) groups is 1. The van der Waals surface area contributed by atoms with E-state index in [1.54, 1.807) is 17.9 Å². The third-order valence-electron chi connectivity index (χ3n) is 5.27. The Bertz CT molecular complexity index is 529. The summed E-state index contributed by atoms with van der Waals surface area (Å²) in [6, 6.07) is 0.824. The normalized spacial score (nSPS) is 20.8. The van der Waals surface area contributed by atoms with E-state index in [-0.39, 0.29) is 5.91 Å². The standard InChI is InChI=1S/C17H28N4O2/c1-20-12-15(17(19-20)23-2)16(22)18-11-13-7-9-21(10-8-13)14-5-3-4-6-14/h12-14H,3-11H2,1-2H3,(H,18,22). The highest BCUT2D eigenvalue weighted by Crippen LogP contribution is 2.27. The summed E-state index contributed by atoms with van der Waals surface area (Å²) in [4.78, 5) is 15.0. The van der Waals surface area contributed by atoms with E-state index in [4.69, 9.17) is 4.74 Å². The fourth-order valence-electron chi connectivity index (χ4n) is 3.90. The number of amides is 1. The van der Waals surface area contributed by atoms with Crippen molar-refractivity contribution in [1.29, 1.82) is 0 Å². The van der Waals surface area contributed by atoms with Crippen LogP contribution in [0.15, 0.2) is 6.20 Å². The van der Waals surface area contributed by atoms with Crippen LogP contribution in [0.25, 0.3) is 0 Å². The van der Waals surface area contributed by atoms with Crippen LogP contribution in [-0.4, -0.2) is 53.4 Å². The SMILES string of the molecule is COc1nn(C)cc1C(=O)NCC1CCN(C2CCCC2)CC1. The molecular weight excluding hydrogens is 292 g/mol. The number of rotatable bonds is 5. The minimum absolute atomic E-state index is 0.0897. The number of nitrogens with zero attached hydrogens (tertiary/aromatic N) is 3. The maximum Gasteiger partial charge on any atom is 0.258 e. The maximum atomic E-state index is 12.3. The van der Waals surface area contributed by atoms with Crippen LogP contribution in [0.1, 0.15) is 48.9 Å². The second kappa shape index (κ2) is 7.34. The number of methoxy groups -OCH3 is 1. The number of likely N-dealkylation sites (tertiary alicyclic amines) is 1. The third kappa shape index (κ3) is 3.86.